The van der Waals surface area contributed by atoms with Gasteiger partial charge in [0.15, 0.2) is 5.82 Å². The second-order valence-corrected chi connectivity index (χ2v) is 10.1. The first-order valence-corrected chi connectivity index (χ1v) is 11.4. The molecule has 0 radical (unpaired) electrons. The smallest absolute Gasteiger partial charge is 0.249 e. The first-order chi connectivity index (χ1) is 15.6. The number of aliphatic hydroxyl groups is 1. The molecule has 2 heterocycles. The maximum absolute atomic E-state index is 12.5. The summed E-state index contributed by atoms with van der Waals surface area (Å²) in [5.41, 5.74) is 2.35. The van der Waals surface area contributed by atoms with Gasteiger partial charge in [-0.25, -0.2) is 9.97 Å². The fraction of sp³-hybridized carbons (Fsp3) is 0.423. The van der Waals surface area contributed by atoms with Gasteiger partial charge in [-0.1, -0.05) is 39.0 Å². The third kappa shape index (κ3) is 5.25. The summed E-state index contributed by atoms with van der Waals surface area (Å²) < 4.78 is 0. The van der Waals surface area contributed by atoms with E-state index in [1.165, 1.54) is 0 Å². The Hall–Kier alpha value is -3.19. The maximum atomic E-state index is 12.5. The molecule has 1 aromatic heterocycles. The van der Waals surface area contributed by atoms with Gasteiger partial charge in [0, 0.05) is 24.5 Å². The van der Waals surface area contributed by atoms with E-state index in [1.807, 2.05) is 52.0 Å². The lowest BCUT2D eigenvalue weighted by atomic mass is 9.89. The van der Waals surface area contributed by atoms with Crippen molar-refractivity contribution in [1.82, 2.24) is 15.3 Å². The molecular formula is C26H32N4O3. The lowest BCUT2D eigenvalue weighted by Crippen LogP contribution is -2.43. The van der Waals surface area contributed by atoms with Gasteiger partial charge >= 0.3 is 0 Å². The summed E-state index contributed by atoms with van der Waals surface area (Å²) >= 11 is 0. The molecule has 0 bridgehead atoms. The molecular weight excluding hydrogens is 416 g/mol. The van der Waals surface area contributed by atoms with Crippen LogP contribution in [0.5, 0.6) is 5.75 Å². The van der Waals surface area contributed by atoms with Crippen LogP contribution in [0.15, 0.2) is 42.5 Å². The number of aliphatic hydroxyl groups excluding tert-OH is 1. The molecule has 4 rings (SSSR count). The second-order valence-electron chi connectivity index (χ2n) is 10.1. The highest BCUT2D eigenvalue weighted by atomic mass is 16.3. The fourth-order valence-electron chi connectivity index (χ4n) is 4.29. The van der Waals surface area contributed by atoms with Crippen LogP contribution in [0, 0.1) is 12.3 Å². The fourth-order valence-corrected chi connectivity index (χ4v) is 4.29. The minimum Gasteiger partial charge on any atom is -0.507 e. The number of carbonyl (C=O) groups is 1. The van der Waals surface area contributed by atoms with Crippen LogP contribution >= 0.6 is 0 Å². The molecule has 1 fully saturated rings. The molecule has 0 spiro atoms. The predicted molar refractivity (Wildman–Crippen MR) is 130 cm³/mol. The van der Waals surface area contributed by atoms with Gasteiger partial charge in [0.05, 0.1) is 11.1 Å². The molecule has 1 saturated heterocycles. The zero-order chi connectivity index (χ0) is 23.8. The Balaban J connectivity index is 1.60. The first kappa shape index (κ1) is 23.0. The molecule has 3 N–H and O–H groups in total. The Kier molecular flexibility index (Phi) is 6.26. The highest BCUT2D eigenvalue weighted by molar-refractivity contribution is 5.92. The third-order valence-electron chi connectivity index (χ3n) is 5.92. The Labute approximate surface area is 194 Å². The maximum Gasteiger partial charge on any atom is 0.249 e. The van der Waals surface area contributed by atoms with Crippen molar-refractivity contribution in [2.24, 2.45) is 5.41 Å². The number of hydrogen-bond donors (Lipinski definition) is 3. The van der Waals surface area contributed by atoms with Crippen molar-refractivity contribution in [2.45, 2.75) is 52.7 Å². The number of nitrogens with one attached hydrogen (secondary N) is 1. The van der Waals surface area contributed by atoms with Gasteiger partial charge in [0.2, 0.25) is 5.91 Å². The number of para-hydroxylation sites is 1. The highest BCUT2D eigenvalue weighted by Crippen LogP contribution is 2.33. The minimum absolute atomic E-state index is 0.0730. The van der Waals surface area contributed by atoms with Crippen molar-refractivity contribution in [1.29, 1.82) is 0 Å². The summed E-state index contributed by atoms with van der Waals surface area (Å²) in [6.45, 7) is 9.35. The molecule has 2 atom stereocenters. The molecule has 1 amide bonds. The van der Waals surface area contributed by atoms with Gasteiger partial charge < -0.3 is 20.4 Å². The minimum atomic E-state index is -1.02. The molecule has 7 heteroatoms. The van der Waals surface area contributed by atoms with Gasteiger partial charge in [0.25, 0.3) is 0 Å². The number of aryl methyl sites for hydroxylation is 1. The van der Waals surface area contributed by atoms with Crippen LogP contribution in [0.3, 0.4) is 0 Å². The molecule has 7 nitrogen and oxygen atoms in total. The lowest BCUT2D eigenvalue weighted by Gasteiger charge is -2.24. The van der Waals surface area contributed by atoms with Crippen molar-refractivity contribution in [3.63, 3.8) is 0 Å². The number of phenolic OH excluding ortho intramolecular Hbond substituents is 1. The Morgan fingerprint density at radius 1 is 1.21 bits per heavy atom. The number of amides is 1. The molecule has 0 aliphatic carbocycles. The van der Waals surface area contributed by atoms with Crippen LogP contribution in [-0.4, -0.2) is 51.3 Å². The van der Waals surface area contributed by atoms with E-state index in [9.17, 15) is 15.0 Å². The number of anilines is 1. The molecule has 3 aromatic rings. The van der Waals surface area contributed by atoms with E-state index in [-0.39, 0.29) is 23.1 Å². The number of fused-ring (bicyclic) bond motifs is 1. The molecule has 33 heavy (non-hydrogen) atoms. The average molecular weight is 449 g/mol. The van der Waals surface area contributed by atoms with Crippen molar-refractivity contribution >= 4 is 22.6 Å². The zero-order valence-corrected chi connectivity index (χ0v) is 19.7. The van der Waals surface area contributed by atoms with Gasteiger partial charge in [-0.15, -0.1) is 0 Å². The van der Waals surface area contributed by atoms with E-state index < -0.39 is 6.10 Å². The van der Waals surface area contributed by atoms with Gasteiger partial charge in [-0.05, 0) is 55.0 Å². The number of benzene rings is 2. The van der Waals surface area contributed by atoms with Gasteiger partial charge in [-0.2, -0.15) is 0 Å². The SMILES string of the molecule is Cc1ccc2c(N3CC[C@@H](NC(=O)[C@H](O)CC(C)(C)C)C3)nc(-c3ccccc3O)nc2c1. The summed E-state index contributed by atoms with van der Waals surface area (Å²) in [5.74, 6) is 1.06. The number of hydrogen-bond acceptors (Lipinski definition) is 6. The zero-order valence-electron chi connectivity index (χ0n) is 19.7. The van der Waals surface area contributed by atoms with Gasteiger partial charge in [0.1, 0.15) is 17.7 Å². The largest absolute Gasteiger partial charge is 0.507 e. The number of phenols is 1. The highest BCUT2D eigenvalue weighted by Gasteiger charge is 2.30. The van der Waals surface area contributed by atoms with E-state index in [0.29, 0.717) is 24.4 Å². The van der Waals surface area contributed by atoms with Crippen LogP contribution < -0.4 is 10.2 Å². The second kappa shape index (κ2) is 8.98. The van der Waals surface area contributed by atoms with Crippen molar-refractivity contribution in [2.75, 3.05) is 18.0 Å². The number of rotatable bonds is 5. The number of nitrogens with zero attached hydrogens (tertiary/aromatic N) is 3. The van der Waals surface area contributed by atoms with Crippen molar-refractivity contribution < 1.29 is 15.0 Å². The molecule has 0 unspecified atom stereocenters. The number of aromatic hydroxyl groups is 1. The van der Waals surface area contributed by atoms with Crippen LogP contribution in [0.4, 0.5) is 5.82 Å². The van der Waals surface area contributed by atoms with E-state index in [1.54, 1.807) is 18.2 Å². The normalized spacial score (nSPS) is 17.4. The summed E-state index contributed by atoms with van der Waals surface area (Å²) in [5, 5.41) is 24.6. The third-order valence-corrected chi connectivity index (χ3v) is 5.92. The number of aromatic nitrogens is 2. The van der Waals surface area contributed by atoms with Crippen LogP contribution in [0.1, 0.15) is 39.2 Å². The standard InChI is InChI=1S/C26H32N4O3/c1-16-9-10-18-20(13-16)28-23(19-7-5-6-8-21(19)31)29-24(18)30-12-11-17(15-30)27-25(33)22(32)14-26(2,3)4/h5-10,13,17,22,31-32H,11-12,14-15H2,1-4H3,(H,27,33)/t17-,22-/m1/s1. The molecule has 2 aromatic carbocycles. The van der Waals surface area contributed by atoms with E-state index >= 15 is 0 Å². The van der Waals surface area contributed by atoms with Crippen molar-refractivity contribution in [3.05, 3.63) is 48.0 Å². The molecule has 1 aliphatic rings. The van der Waals surface area contributed by atoms with Crippen LogP contribution in [0.2, 0.25) is 0 Å². The lowest BCUT2D eigenvalue weighted by molar-refractivity contribution is -0.131. The van der Waals surface area contributed by atoms with E-state index in [4.69, 9.17) is 9.97 Å². The van der Waals surface area contributed by atoms with Crippen LogP contribution in [-0.2, 0) is 4.79 Å². The molecule has 174 valence electrons. The molecule has 1 aliphatic heterocycles. The predicted octanol–water partition coefficient (Wildman–Crippen LogP) is 3.80. The Bertz CT molecular complexity index is 1170. The summed E-state index contributed by atoms with van der Waals surface area (Å²) in [4.78, 5) is 24.2. The average Bonchev–Trinajstić information content (AvgIpc) is 3.20. The van der Waals surface area contributed by atoms with Crippen LogP contribution in [0.25, 0.3) is 22.3 Å². The Morgan fingerprint density at radius 2 is 1.97 bits per heavy atom. The summed E-state index contributed by atoms with van der Waals surface area (Å²) in [6.07, 6.45) is 0.154. The quantitative estimate of drug-likeness (QED) is 0.549. The Morgan fingerprint density at radius 3 is 2.70 bits per heavy atom. The van der Waals surface area contributed by atoms with Gasteiger partial charge in [-0.3, -0.25) is 4.79 Å². The van der Waals surface area contributed by atoms with E-state index in [2.05, 4.69) is 10.2 Å². The summed E-state index contributed by atoms with van der Waals surface area (Å²) in [7, 11) is 0. The topological polar surface area (TPSA) is 98.6 Å². The first-order valence-electron chi connectivity index (χ1n) is 11.4. The summed E-state index contributed by atoms with van der Waals surface area (Å²) in [6, 6.07) is 13.1. The monoisotopic (exact) mass is 448 g/mol. The van der Waals surface area contributed by atoms with Crippen molar-refractivity contribution in [3.8, 4) is 17.1 Å². The number of carbonyl (C=O) groups excluding carboxylic acids is 1. The molecule has 0 saturated carbocycles. The van der Waals surface area contributed by atoms with E-state index in [0.717, 1.165) is 35.2 Å².